The van der Waals surface area contributed by atoms with Gasteiger partial charge in [-0.15, -0.1) is 0 Å². The summed E-state index contributed by atoms with van der Waals surface area (Å²) in [5.74, 6) is -1.65. The molecule has 23 heavy (non-hydrogen) atoms. The molecule has 2 heterocycles. The second-order valence-electron chi connectivity index (χ2n) is 5.15. The van der Waals surface area contributed by atoms with Gasteiger partial charge in [-0.05, 0) is 18.2 Å². The number of carbonyl (C=O) groups is 1. The number of pyridine rings is 1. The third kappa shape index (κ3) is 2.94. The largest absolute Gasteiger partial charge is 0.478 e. The van der Waals surface area contributed by atoms with E-state index in [0.29, 0.717) is 32.0 Å². The van der Waals surface area contributed by atoms with Crippen LogP contribution in [0, 0.1) is 0 Å². The van der Waals surface area contributed by atoms with E-state index in [1.807, 2.05) is 4.90 Å². The maximum atomic E-state index is 13.4. The molecule has 5 nitrogen and oxygen atoms in total. The van der Waals surface area contributed by atoms with Crippen molar-refractivity contribution in [3.05, 3.63) is 35.5 Å². The van der Waals surface area contributed by atoms with Crippen molar-refractivity contribution in [2.75, 3.05) is 31.2 Å². The van der Waals surface area contributed by atoms with Gasteiger partial charge in [0.05, 0.1) is 29.9 Å². The highest BCUT2D eigenvalue weighted by molar-refractivity contribution is 5.97. The van der Waals surface area contributed by atoms with Gasteiger partial charge in [-0.25, -0.2) is 4.79 Å². The molecule has 1 N–H and O–H groups in total. The average molecular weight is 326 g/mol. The topological polar surface area (TPSA) is 62.7 Å². The zero-order valence-electron chi connectivity index (χ0n) is 11.9. The molecule has 1 aliphatic heterocycles. The van der Waals surface area contributed by atoms with E-state index < -0.39 is 23.3 Å². The molecule has 0 unspecified atom stereocenters. The van der Waals surface area contributed by atoms with Gasteiger partial charge in [0, 0.05) is 30.4 Å². The summed E-state index contributed by atoms with van der Waals surface area (Å²) >= 11 is 0. The highest BCUT2D eigenvalue weighted by Gasteiger charge is 2.38. The molecule has 122 valence electrons. The normalized spacial score (nSPS) is 15.9. The van der Waals surface area contributed by atoms with Crippen molar-refractivity contribution in [1.29, 1.82) is 0 Å². The number of carboxylic acids is 1. The van der Waals surface area contributed by atoms with Crippen LogP contribution in [0.5, 0.6) is 0 Å². The molecule has 8 heteroatoms. The Morgan fingerprint density at radius 1 is 1.26 bits per heavy atom. The first kappa shape index (κ1) is 15.5. The van der Waals surface area contributed by atoms with Crippen LogP contribution >= 0.6 is 0 Å². The molecule has 3 rings (SSSR count). The minimum absolute atomic E-state index is 0.110. The second kappa shape index (κ2) is 5.69. The summed E-state index contributed by atoms with van der Waals surface area (Å²) < 4.78 is 45.4. The summed E-state index contributed by atoms with van der Waals surface area (Å²) in [4.78, 5) is 16.9. The van der Waals surface area contributed by atoms with E-state index in [-0.39, 0.29) is 10.9 Å². The van der Waals surface area contributed by atoms with Gasteiger partial charge in [-0.1, -0.05) is 0 Å². The number of halogens is 3. The van der Waals surface area contributed by atoms with Gasteiger partial charge in [-0.2, -0.15) is 13.2 Å². The first-order chi connectivity index (χ1) is 10.9. The first-order valence-corrected chi connectivity index (χ1v) is 6.94. The third-order valence-electron chi connectivity index (χ3n) is 3.74. The molecule has 1 aromatic carbocycles. The summed E-state index contributed by atoms with van der Waals surface area (Å²) in [5, 5.41) is 8.83. The number of alkyl halides is 3. The maximum absolute atomic E-state index is 13.4. The van der Waals surface area contributed by atoms with Crippen molar-refractivity contribution in [1.82, 2.24) is 4.98 Å². The van der Waals surface area contributed by atoms with E-state index >= 15 is 0 Å². The smallest absolute Gasteiger partial charge is 0.417 e. The Morgan fingerprint density at radius 2 is 1.96 bits per heavy atom. The van der Waals surface area contributed by atoms with Crippen LogP contribution in [-0.4, -0.2) is 42.4 Å². The average Bonchev–Trinajstić information content (AvgIpc) is 2.53. The van der Waals surface area contributed by atoms with Crippen molar-refractivity contribution in [2.24, 2.45) is 0 Å². The fraction of sp³-hybridized carbons (Fsp3) is 0.333. The number of carboxylic acid groups (broad SMARTS) is 1. The number of benzene rings is 1. The van der Waals surface area contributed by atoms with E-state index in [2.05, 4.69) is 4.98 Å². The lowest BCUT2D eigenvalue weighted by Crippen LogP contribution is -2.36. The number of rotatable bonds is 2. The summed E-state index contributed by atoms with van der Waals surface area (Å²) in [6, 6.07) is 4.51. The molecule has 0 bridgehead atoms. The fourth-order valence-electron chi connectivity index (χ4n) is 2.67. The maximum Gasteiger partial charge on any atom is 0.417 e. The summed E-state index contributed by atoms with van der Waals surface area (Å²) in [6.45, 7) is 2.13. The number of aromatic carboxylic acids is 1. The molecule has 0 saturated carbocycles. The molecule has 0 spiro atoms. The number of hydrogen-bond acceptors (Lipinski definition) is 4. The van der Waals surface area contributed by atoms with Gasteiger partial charge in [0.1, 0.15) is 0 Å². The van der Waals surface area contributed by atoms with Crippen molar-refractivity contribution in [2.45, 2.75) is 6.18 Å². The van der Waals surface area contributed by atoms with Gasteiger partial charge in [0.2, 0.25) is 0 Å². The number of nitrogens with zero attached hydrogens (tertiary/aromatic N) is 2. The SMILES string of the molecule is O=C(O)c1cnc2ccc(N3CCOCC3)cc2c1C(F)(F)F. The van der Waals surface area contributed by atoms with E-state index in [4.69, 9.17) is 9.84 Å². The van der Waals surface area contributed by atoms with Crippen molar-refractivity contribution < 1.29 is 27.8 Å². The second-order valence-corrected chi connectivity index (χ2v) is 5.15. The van der Waals surface area contributed by atoms with Crippen molar-refractivity contribution in [3.63, 3.8) is 0 Å². The number of aromatic nitrogens is 1. The molecule has 1 fully saturated rings. The molecule has 0 amide bonds. The zero-order chi connectivity index (χ0) is 16.6. The van der Waals surface area contributed by atoms with E-state index in [1.165, 1.54) is 12.1 Å². The summed E-state index contributed by atoms with van der Waals surface area (Å²) in [6.07, 6.45) is -4.03. The number of fused-ring (bicyclic) bond motifs is 1. The van der Waals surface area contributed by atoms with E-state index in [0.717, 1.165) is 6.20 Å². The first-order valence-electron chi connectivity index (χ1n) is 6.94. The Labute approximate surface area is 129 Å². The van der Waals surface area contributed by atoms with Gasteiger partial charge in [-0.3, -0.25) is 4.98 Å². The van der Waals surface area contributed by atoms with Crippen molar-refractivity contribution >= 4 is 22.6 Å². The van der Waals surface area contributed by atoms with E-state index in [9.17, 15) is 18.0 Å². The quantitative estimate of drug-likeness (QED) is 0.919. The monoisotopic (exact) mass is 326 g/mol. The summed E-state index contributed by atoms with van der Waals surface area (Å²) in [5.41, 5.74) is -1.30. The van der Waals surface area contributed by atoms with Crippen molar-refractivity contribution in [3.8, 4) is 0 Å². The molecular formula is C15H13F3N2O3. The molecule has 0 aliphatic carbocycles. The van der Waals surface area contributed by atoms with Gasteiger partial charge < -0.3 is 14.7 Å². The van der Waals surface area contributed by atoms with Crippen LogP contribution in [0.25, 0.3) is 10.9 Å². The Hall–Kier alpha value is -2.35. The predicted octanol–water partition coefficient (Wildman–Crippen LogP) is 2.79. The lowest BCUT2D eigenvalue weighted by molar-refractivity contribution is -0.136. The van der Waals surface area contributed by atoms with Crippen LogP contribution in [0.15, 0.2) is 24.4 Å². The Balaban J connectivity index is 2.20. The van der Waals surface area contributed by atoms with Crippen LogP contribution in [-0.2, 0) is 10.9 Å². The number of hydrogen-bond donors (Lipinski definition) is 1. The molecule has 1 saturated heterocycles. The van der Waals surface area contributed by atoms with E-state index in [1.54, 1.807) is 6.07 Å². The fourth-order valence-corrected chi connectivity index (χ4v) is 2.67. The van der Waals surface area contributed by atoms with Crippen LogP contribution < -0.4 is 4.90 Å². The van der Waals surface area contributed by atoms with Crippen LogP contribution in [0.2, 0.25) is 0 Å². The molecule has 2 aromatic rings. The Kier molecular flexibility index (Phi) is 3.85. The molecular weight excluding hydrogens is 313 g/mol. The lowest BCUT2D eigenvalue weighted by Gasteiger charge is -2.29. The standard InChI is InChI=1S/C15H13F3N2O3/c16-15(17,18)13-10-7-9(20-3-5-23-6-4-20)1-2-12(10)19-8-11(13)14(21)22/h1-2,7-8H,3-6H2,(H,21,22). The minimum Gasteiger partial charge on any atom is -0.478 e. The van der Waals surface area contributed by atoms with Crippen LogP contribution in [0.1, 0.15) is 15.9 Å². The predicted molar refractivity (Wildman–Crippen MR) is 76.7 cm³/mol. The molecule has 0 atom stereocenters. The molecule has 0 radical (unpaired) electrons. The Bertz CT molecular complexity index is 755. The lowest BCUT2D eigenvalue weighted by atomic mass is 10.0. The minimum atomic E-state index is -4.78. The highest BCUT2D eigenvalue weighted by Crippen LogP contribution is 2.38. The molecule has 1 aliphatic rings. The van der Waals surface area contributed by atoms with Crippen LogP contribution in [0.3, 0.4) is 0 Å². The summed E-state index contributed by atoms with van der Waals surface area (Å²) in [7, 11) is 0. The molecule has 1 aromatic heterocycles. The number of morpholine rings is 1. The highest BCUT2D eigenvalue weighted by atomic mass is 19.4. The Morgan fingerprint density at radius 3 is 2.57 bits per heavy atom. The number of anilines is 1. The van der Waals surface area contributed by atoms with Gasteiger partial charge in [0.25, 0.3) is 0 Å². The number of ether oxygens (including phenoxy) is 1. The third-order valence-corrected chi connectivity index (χ3v) is 3.74. The van der Waals surface area contributed by atoms with Gasteiger partial charge >= 0.3 is 12.1 Å². The van der Waals surface area contributed by atoms with Crippen LogP contribution in [0.4, 0.5) is 18.9 Å². The zero-order valence-corrected chi connectivity index (χ0v) is 11.9. The van der Waals surface area contributed by atoms with Gasteiger partial charge in [0.15, 0.2) is 0 Å².